The Hall–Kier alpha value is -0.500. The molecule has 0 radical (unpaired) electrons. The second-order valence-corrected chi connectivity index (χ2v) is 6.16. The van der Waals surface area contributed by atoms with Gasteiger partial charge in [-0.2, -0.15) is 0 Å². The van der Waals surface area contributed by atoms with E-state index >= 15 is 0 Å². The summed E-state index contributed by atoms with van der Waals surface area (Å²) in [6.45, 7) is 6.35. The van der Waals surface area contributed by atoms with E-state index in [4.69, 9.17) is 4.74 Å². The lowest BCUT2D eigenvalue weighted by atomic mass is 10.1. The lowest BCUT2D eigenvalue weighted by Crippen LogP contribution is -2.05. The van der Waals surface area contributed by atoms with E-state index in [9.17, 15) is 0 Å². The van der Waals surface area contributed by atoms with Crippen LogP contribution < -0.4 is 4.74 Å². The SMILES string of the molecule is CCCCCCC(Br)c1ccc(OC(C)C)cc1. The number of ether oxygens (including phenoxy) is 1. The number of benzene rings is 1. The molecule has 18 heavy (non-hydrogen) atoms. The van der Waals surface area contributed by atoms with Crippen molar-refractivity contribution in [3.63, 3.8) is 0 Å². The van der Waals surface area contributed by atoms with Crippen molar-refractivity contribution >= 4 is 15.9 Å². The topological polar surface area (TPSA) is 9.23 Å². The fourth-order valence-electron chi connectivity index (χ4n) is 1.94. The highest BCUT2D eigenvalue weighted by Crippen LogP contribution is 2.30. The van der Waals surface area contributed by atoms with E-state index in [-0.39, 0.29) is 6.10 Å². The van der Waals surface area contributed by atoms with Gasteiger partial charge >= 0.3 is 0 Å². The van der Waals surface area contributed by atoms with Crippen LogP contribution in [-0.4, -0.2) is 6.10 Å². The molecule has 1 rings (SSSR count). The molecule has 0 bridgehead atoms. The summed E-state index contributed by atoms with van der Waals surface area (Å²) in [5.74, 6) is 0.958. The second kappa shape index (κ2) is 8.58. The van der Waals surface area contributed by atoms with E-state index < -0.39 is 0 Å². The predicted octanol–water partition coefficient (Wildman–Crippen LogP) is 5.88. The second-order valence-electron chi connectivity index (χ2n) is 5.05. The molecule has 0 heterocycles. The van der Waals surface area contributed by atoms with Gasteiger partial charge in [-0.15, -0.1) is 0 Å². The molecule has 0 saturated heterocycles. The third-order valence-corrected chi connectivity index (χ3v) is 3.91. The maximum atomic E-state index is 5.65. The summed E-state index contributed by atoms with van der Waals surface area (Å²) in [5, 5.41) is 0. The van der Waals surface area contributed by atoms with Crippen molar-refractivity contribution in [3.05, 3.63) is 29.8 Å². The molecular weight excluding hydrogens is 288 g/mol. The van der Waals surface area contributed by atoms with Crippen molar-refractivity contribution in [2.24, 2.45) is 0 Å². The van der Waals surface area contributed by atoms with Crippen molar-refractivity contribution < 1.29 is 4.74 Å². The molecule has 1 atom stereocenters. The Balaban J connectivity index is 2.41. The summed E-state index contributed by atoms with van der Waals surface area (Å²) in [7, 11) is 0. The Morgan fingerprint density at radius 2 is 1.72 bits per heavy atom. The highest BCUT2D eigenvalue weighted by molar-refractivity contribution is 9.09. The molecule has 1 aromatic rings. The van der Waals surface area contributed by atoms with Crippen LogP contribution in [0.15, 0.2) is 24.3 Å². The van der Waals surface area contributed by atoms with Crippen LogP contribution in [0.3, 0.4) is 0 Å². The fraction of sp³-hybridized carbons (Fsp3) is 0.625. The van der Waals surface area contributed by atoms with E-state index in [2.05, 4.69) is 61.0 Å². The minimum atomic E-state index is 0.240. The first kappa shape index (κ1) is 15.6. The van der Waals surface area contributed by atoms with Crippen molar-refractivity contribution in [1.29, 1.82) is 0 Å². The molecule has 0 saturated carbocycles. The molecule has 0 aliphatic heterocycles. The molecule has 0 aliphatic rings. The summed E-state index contributed by atoms with van der Waals surface area (Å²) >= 11 is 3.77. The number of hydrogen-bond donors (Lipinski definition) is 0. The summed E-state index contributed by atoms with van der Waals surface area (Å²) in [6, 6.07) is 8.46. The highest BCUT2D eigenvalue weighted by Gasteiger charge is 2.07. The van der Waals surface area contributed by atoms with Gasteiger partial charge in [0.2, 0.25) is 0 Å². The van der Waals surface area contributed by atoms with Crippen LogP contribution >= 0.6 is 15.9 Å². The molecule has 1 aromatic carbocycles. The average molecular weight is 313 g/mol. The molecule has 0 spiro atoms. The molecule has 0 fully saturated rings. The van der Waals surface area contributed by atoms with E-state index in [0.717, 1.165) is 5.75 Å². The molecule has 0 N–H and O–H groups in total. The van der Waals surface area contributed by atoms with Crippen molar-refractivity contribution in [3.8, 4) is 5.75 Å². The van der Waals surface area contributed by atoms with Crippen molar-refractivity contribution in [2.75, 3.05) is 0 Å². The number of hydrogen-bond acceptors (Lipinski definition) is 1. The maximum absolute atomic E-state index is 5.65. The van der Waals surface area contributed by atoms with E-state index in [1.165, 1.54) is 37.7 Å². The monoisotopic (exact) mass is 312 g/mol. The molecule has 2 heteroatoms. The van der Waals surface area contributed by atoms with Gasteiger partial charge in [0.25, 0.3) is 0 Å². The Kier molecular flexibility index (Phi) is 7.41. The fourth-order valence-corrected chi connectivity index (χ4v) is 2.57. The van der Waals surface area contributed by atoms with Gasteiger partial charge in [0, 0.05) is 4.83 Å². The largest absolute Gasteiger partial charge is 0.491 e. The average Bonchev–Trinajstić information content (AvgIpc) is 2.34. The van der Waals surface area contributed by atoms with E-state index in [0.29, 0.717) is 4.83 Å². The number of rotatable bonds is 8. The van der Waals surface area contributed by atoms with Crippen LogP contribution in [0.2, 0.25) is 0 Å². The standard InChI is InChI=1S/C16H25BrO/c1-4-5-6-7-8-16(17)14-9-11-15(12-10-14)18-13(2)3/h9-13,16H,4-8H2,1-3H3. The van der Waals surface area contributed by atoms with Gasteiger partial charge in [-0.1, -0.05) is 60.7 Å². The Labute approximate surface area is 120 Å². The Morgan fingerprint density at radius 1 is 1.06 bits per heavy atom. The molecular formula is C16H25BrO. The molecule has 102 valence electrons. The zero-order valence-corrected chi connectivity index (χ0v) is 13.4. The van der Waals surface area contributed by atoms with E-state index in [1.807, 2.05) is 0 Å². The molecule has 0 amide bonds. The van der Waals surface area contributed by atoms with Gasteiger partial charge in [-0.05, 0) is 38.0 Å². The van der Waals surface area contributed by atoms with Gasteiger partial charge < -0.3 is 4.74 Å². The smallest absolute Gasteiger partial charge is 0.119 e. The number of alkyl halides is 1. The number of halogens is 1. The van der Waals surface area contributed by atoms with Crippen LogP contribution in [0.25, 0.3) is 0 Å². The van der Waals surface area contributed by atoms with Crippen molar-refractivity contribution in [2.45, 2.75) is 63.8 Å². The maximum Gasteiger partial charge on any atom is 0.119 e. The Bertz CT molecular complexity index is 318. The zero-order valence-electron chi connectivity index (χ0n) is 11.8. The normalized spacial score (nSPS) is 12.7. The molecule has 0 aromatic heterocycles. The quantitative estimate of drug-likeness (QED) is 0.430. The summed E-state index contributed by atoms with van der Waals surface area (Å²) in [5.41, 5.74) is 1.35. The third-order valence-electron chi connectivity index (χ3n) is 2.92. The predicted molar refractivity (Wildman–Crippen MR) is 82.6 cm³/mol. The van der Waals surface area contributed by atoms with Crippen LogP contribution in [0.4, 0.5) is 0 Å². The van der Waals surface area contributed by atoms with Gasteiger partial charge in [-0.25, -0.2) is 0 Å². The summed E-state index contributed by atoms with van der Waals surface area (Å²) in [4.78, 5) is 0.474. The minimum absolute atomic E-state index is 0.240. The zero-order chi connectivity index (χ0) is 13.4. The van der Waals surface area contributed by atoms with Gasteiger partial charge in [0.1, 0.15) is 5.75 Å². The lowest BCUT2D eigenvalue weighted by molar-refractivity contribution is 0.242. The van der Waals surface area contributed by atoms with Gasteiger partial charge in [0.15, 0.2) is 0 Å². The van der Waals surface area contributed by atoms with Crippen LogP contribution in [-0.2, 0) is 0 Å². The first-order valence-electron chi connectivity index (χ1n) is 7.04. The number of unbranched alkanes of at least 4 members (excludes halogenated alkanes) is 3. The first-order chi connectivity index (χ1) is 8.63. The lowest BCUT2D eigenvalue weighted by Gasteiger charge is -2.13. The molecule has 1 unspecified atom stereocenters. The van der Waals surface area contributed by atoms with E-state index in [1.54, 1.807) is 0 Å². The van der Waals surface area contributed by atoms with Crippen LogP contribution in [0.1, 0.15) is 63.3 Å². The summed E-state index contributed by atoms with van der Waals surface area (Å²) in [6.07, 6.45) is 6.74. The third kappa shape index (κ3) is 5.90. The molecule has 0 aliphatic carbocycles. The summed E-state index contributed by atoms with van der Waals surface area (Å²) < 4.78 is 5.65. The molecule has 1 nitrogen and oxygen atoms in total. The Morgan fingerprint density at radius 3 is 2.28 bits per heavy atom. The first-order valence-corrected chi connectivity index (χ1v) is 7.95. The van der Waals surface area contributed by atoms with Gasteiger partial charge in [-0.3, -0.25) is 0 Å². The van der Waals surface area contributed by atoms with Crippen LogP contribution in [0, 0.1) is 0 Å². The van der Waals surface area contributed by atoms with Gasteiger partial charge in [0.05, 0.1) is 6.10 Å². The van der Waals surface area contributed by atoms with Crippen LogP contribution in [0.5, 0.6) is 5.75 Å². The van der Waals surface area contributed by atoms with Crippen molar-refractivity contribution in [1.82, 2.24) is 0 Å². The highest BCUT2D eigenvalue weighted by atomic mass is 79.9. The minimum Gasteiger partial charge on any atom is -0.491 e.